The molecule has 2 aromatic rings. The van der Waals surface area contributed by atoms with Crippen LogP contribution in [0.3, 0.4) is 0 Å². The van der Waals surface area contributed by atoms with Gasteiger partial charge in [-0.15, -0.1) is 0 Å². The molecule has 0 N–H and O–H groups in total. The van der Waals surface area contributed by atoms with Crippen LogP contribution >= 0.6 is 0 Å². The normalized spacial score (nSPS) is 20.1. The van der Waals surface area contributed by atoms with Crippen molar-refractivity contribution >= 4 is 15.7 Å². The summed E-state index contributed by atoms with van der Waals surface area (Å²) in [6.07, 6.45) is -4.34. The van der Waals surface area contributed by atoms with Gasteiger partial charge in [-0.05, 0) is 30.2 Å². The maximum atomic E-state index is 12.9. The van der Waals surface area contributed by atoms with Crippen molar-refractivity contribution in [3.05, 3.63) is 71.3 Å². The average molecular weight is 397 g/mol. The van der Waals surface area contributed by atoms with Crippen LogP contribution in [0.15, 0.2) is 54.6 Å². The molecule has 0 aliphatic carbocycles. The Balaban J connectivity index is 1.83. The van der Waals surface area contributed by atoms with E-state index in [4.69, 9.17) is 0 Å². The van der Waals surface area contributed by atoms with Crippen molar-refractivity contribution in [1.29, 1.82) is 0 Å². The summed E-state index contributed by atoms with van der Waals surface area (Å²) in [6, 6.07) is 12.9. The molecule has 144 valence electrons. The van der Waals surface area contributed by atoms with Crippen molar-refractivity contribution in [1.82, 2.24) is 4.90 Å². The van der Waals surface area contributed by atoms with Crippen LogP contribution in [0.25, 0.3) is 0 Å². The zero-order chi connectivity index (χ0) is 19.7. The largest absolute Gasteiger partial charge is 0.416 e. The van der Waals surface area contributed by atoms with E-state index in [1.54, 1.807) is 30.3 Å². The van der Waals surface area contributed by atoms with Crippen molar-refractivity contribution in [3.63, 3.8) is 0 Å². The Bertz CT molecular complexity index is 927. The van der Waals surface area contributed by atoms with E-state index < -0.39 is 32.7 Å². The first kappa shape index (κ1) is 19.4. The predicted octanol–water partition coefficient (Wildman–Crippen LogP) is 3.71. The number of sulfone groups is 1. The van der Waals surface area contributed by atoms with Crippen LogP contribution in [0.1, 0.15) is 33.2 Å². The molecule has 4 nitrogen and oxygen atoms in total. The highest BCUT2D eigenvalue weighted by molar-refractivity contribution is 7.91. The molecule has 1 fully saturated rings. The third kappa shape index (κ3) is 4.32. The number of hydrogen-bond donors (Lipinski definition) is 0. The Labute approximate surface area is 155 Å². The lowest BCUT2D eigenvalue weighted by Crippen LogP contribution is -2.33. The Kier molecular flexibility index (Phi) is 5.28. The van der Waals surface area contributed by atoms with Gasteiger partial charge in [-0.2, -0.15) is 13.2 Å². The smallest absolute Gasteiger partial charge is 0.338 e. The minimum Gasteiger partial charge on any atom is -0.338 e. The lowest BCUT2D eigenvalue weighted by Gasteiger charge is -2.20. The molecular weight excluding hydrogens is 379 g/mol. The number of rotatable bonds is 2. The highest BCUT2D eigenvalue weighted by atomic mass is 32.2. The number of amides is 1. The summed E-state index contributed by atoms with van der Waals surface area (Å²) in [4.78, 5) is 14.0. The second-order valence-corrected chi connectivity index (χ2v) is 8.73. The summed E-state index contributed by atoms with van der Waals surface area (Å²) in [5.74, 6) is -0.818. The summed E-state index contributed by atoms with van der Waals surface area (Å²) in [5.41, 5.74) is -0.343. The quantitative estimate of drug-likeness (QED) is 0.776. The monoisotopic (exact) mass is 397 g/mol. The van der Waals surface area contributed by atoms with Crippen molar-refractivity contribution in [3.8, 4) is 0 Å². The number of alkyl halides is 3. The maximum Gasteiger partial charge on any atom is 0.416 e. The van der Waals surface area contributed by atoms with Crippen LogP contribution in [0.4, 0.5) is 13.2 Å². The first-order chi connectivity index (χ1) is 12.7. The van der Waals surface area contributed by atoms with E-state index in [0.29, 0.717) is 5.56 Å². The number of benzene rings is 2. The lowest BCUT2D eigenvalue weighted by atomic mass is 10.1. The Morgan fingerprint density at radius 2 is 1.70 bits per heavy atom. The molecule has 1 atom stereocenters. The fourth-order valence-electron chi connectivity index (χ4n) is 3.20. The predicted molar refractivity (Wildman–Crippen MR) is 94.9 cm³/mol. The molecule has 0 saturated carbocycles. The molecule has 1 saturated heterocycles. The molecule has 0 spiro atoms. The van der Waals surface area contributed by atoms with Crippen LogP contribution in [0.5, 0.6) is 0 Å². The highest BCUT2D eigenvalue weighted by Crippen LogP contribution is 2.31. The third-order valence-electron chi connectivity index (χ3n) is 4.64. The van der Waals surface area contributed by atoms with Gasteiger partial charge in [-0.25, -0.2) is 8.42 Å². The van der Waals surface area contributed by atoms with E-state index >= 15 is 0 Å². The maximum absolute atomic E-state index is 12.9. The molecule has 8 heteroatoms. The molecule has 0 bridgehead atoms. The highest BCUT2D eigenvalue weighted by Gasteiger charge is 2.34. The Hall–Kier alpha value is -2.35. The van der Waals surface area contributed by atoms with E-state index in [2.05, 4.69) is 0 Å². The van der Waals surface area contributed by atoms with Crippen LogP contribution in [-0.2, 0) is 16.0 Å². The minimum absolute atomic E-state index is 0.0409. The molecule has 1 aliphatic rings. The molecule has 1 amide bonds. The lowest BCUT2D eigenvalue weighted by molar-refractivity contribution is -0.137. The van der Waals surface area contributed by atoms with E-state index in [0.717, 1.165) is 12.1 Å². The Morgan fingerprint density at radius 1 is 1.00 bits per heavy atom. The fourth-order valence-corrected chi connectivity index (χ4v) is 5.00. The van der Waals surface area contributed by atoms with E-state index in [9.17, 15) is 26.4 Å². The molecule has 2 aromatic carbocycles. The summed E-state index contributed by atoms with van der Waals surface area (Å²) in [6.45, 7) is 0.120. The van der Waals surface area contributed by atoms with Crippen LogP contribution in [0.2, 0.25) is 0 Å². The zero-order valence-electron chi connectivity index (χ0n) is 14.3. The molecule has 27 heavy (non-hydrogen) atoms. The molecule has 0 unspecified atom stereocenters. The van der Waals surface area contributed by atoms with Crippen molar-refractivity contribution in [2.24, 2.45) is 0 Å². The average Bonchev–Trinajstić information content (AvgIpc) is 2.79. The number of halogens is 3. The summed E-state index contributed by atoms with van der Waals surface area (Å²) < 4.78 is 63.8. The molecule has 0 aromatic heterocycles. The van der Waals surface area contributed by atoms with E-state index in [-0.39, 0.29) is 30.8 Å². The van der Waals surface area contributed by atoms with E-state index in [1.165, 1.54) is 17.0 Å². The summed E-state index contributed by atoms with van der Waals surface area (Å²) in [5, 5.41) is -0.724. The van der Waals surface area contributed by atoms with Crippen molar-refractivity contribution in [2.45, 2.75) is 17.8 Å². The first-order valence-electron chi connectivity index (χ1n) is 8.41. The molecular formula is C19H18F3NO3S. The van der Waals surface area contributed by atoms with Crippen molar-refractivity contribution in [2.75, 3.05) is 18.8 Å². The number of hydrogen-bond acceptors (Lipinski definition) is 3. The second-order valence-electron chi connectivity index (χ2n) is 6.43. The minimum atomic E-state index is -4.54. The van der Waals surface area contributed by atoms with Crippen LogP contribution in [0, 0.1) is 0 Å². The SMILES string of the molecule is O=C(c1cccc(C(F)(F)F)c1)N1CC[C@@H](c2ccccc2)S(=O)(=O)CC1. The number of carbonyl (C=O) groups is 1. The van der Waals surface area contributed by atoms with Gasteiger partial charge in [0.1, 0.15) is 0 Å². The van der Waals surface area contributed by atoms with Gasteiger partial charge in [0.15, 0.2) is 9.84 Å². The van der Waals surface area contributed by atoms with Gasteiger partial charge in [0.2, 0.25) is 0 Å². The van der Waals surface area contributed by atoms with Gasteiger partial charge in [0, 0.05) is 18.7 Å². The van der Waals surface area contributed by atoms with E-state index in [1.807, 2.05) is 0 Å². The summed E-state index contributed by atoms with van der Waals surface area (Å²) >= 11 is 0. The van der Waals surface area contributed by atoms with Gasteiger partial charge in [0.05, 0.1) is 16.6 Å². The zero-order valence-corrected chi connectivity index (χ0v) is 15.1. The van der Waals surface area contributed by atoms with Crippen LogP contribution in [-0.4, -0.2) is 38.1 Å². The molecule has 3 rings (SSSR count). The number of carbonyl (C=O) groups excluding carboxylic acids is 1. The fraction of sp³-hybridized carbons (Fsp3) is 0.316. The third-order valence-corrected chi connectivity index (χ3v) is 6.76. The van der Waals surface area contributed by atoms with Gasteiger partial charge in [0.25, 0.3) is 5.91 Å². The van der Waals surface area contributed by atoms with Crippen LogP contribution < -0.4 is 0 Å². The Morgan fingerprint density at radius 3 is 2.37 bits per heavy atom. The second kappa shape index (κ2) is 7.34. The molecule has 1 aliphatic heterocycles. The van der Waals surface area contributed by atoms with Gasteiger partial charge in [-0.1, -0.05) is 36.4 Å². The summed E-state index contributed by atoms with van der Waals surface area (Å²) in [7, 11) is -3.47. The molecule has 1 heterocycles. The first-order valence-corrected chi connectivity index (χ1v) is 10.1. The van der Waals surface area contributed by atoms with Gasteiger partial charge >= 0.3 is 6.18 Å². The molecule has 0 radical (unpaired) electrons. The number of nitrogens with zero attached hydrogens (tertiary/aromatic N) is 1. The topological polar surface area (TPSA) is 54.5 Å². The van der Waals surface area contributed by atoms with Gasteiger partial charge < -0.3 is 4.90 Å². The van der Waals surface area contributed by atoms with Crippen molar-refractivity contribution < 1.29 is 26.4 Å². The van der Waals surface area contributed by atoms with Gasteiger partial charge in [-0.3, -0.25) is 4.79 Å². The standard InChI is InChI=1S/C19H18F3NO3S/c20-19(21,22)16-8-4-7-15(13-16)18(24)23-10-9-17(27(25,26)12-11-23)14-5-2-1-3-6-14/h1-8,13,17H,9-12H2/t17-/m0/s1.